The molecule has 0 bridgehead atoms. The van der Waals surface area contributed by atoms with Gasteiger partial charge in [-0.1, -0.05) is 13.8 Å². The Balaban J connectivity index is 2.58. The molecule has 2 N–H and O–H groups in total. The van der Waals surface area contributed by atoms with Crippen molar-refractivity contribution < 1.29 is 19.7 Å². The number of aliphatic carboxylic acids is 1. The third kappa shape index (κ3) is 2.52. The lowest BCUT2D eigenvalue weighted by Gasteiger charge is -2.48. The minimum absolute atomic E-state index is 0.101. The first-order chi connectivity index (χ1) is 9.75. The summed E-state index contributed by atoms with van der Waals surface area (Å²) in [5.74, 6) is -0.180. The van der Waals surface area contributed by atoms with E-state index in [2.05, 4.69) is 0 Å². The van der Waals surface area contributed by atoms with Crippen LogP contribution < -0.4 is 9.64 Å². The number of hydrogen-bond donors (Lipinski definition) is 2. The topological polar surface area (TPSA) is 70.0 Å². The van der Waals surface area contributed by atoms with Crippen LogP contribution >= 0.6 is 0 Å². The number of anilines is 1. The molecule has 0 spiro atoms. The van der Waals surface area contributed by atoms with E-state index >= 15 is 0 Å². The third-order valence-electron chi connectivity index (χ3n) is 4.49. The molecule has 0 aromatic heterocycles. The molecule has 0 radical (unpaired) electrons. The molecule has 21 heavy (non-hydrogen) atoms. The lowest BCUT2D eigenvalue weighted by Crippen LogP contribution is -2.60. The average Bonchev–Trinajstić information content (AvgIpc) is 2.46. The summed E-state index contributed by atoms with van der Waals surface area (Å²) in [5, 5.41) is 19.3. The smallest absolute Gasteiger partial charge is 0.328 e. The van der Waals surface area contributed by atoms with Gasteiger partial charge in [0.1, 0.15) is 22.6 Å². The van der Waals surface area contributed by atoms with E-state index in [1.54, 1.807) is 32.0 Å². The highest BCUT2D eigenvalue weighted by atomic mass is 16.5. The molecule has 0 saturated heterocycles. The molecule has 116 valence electrons. The van der Waals surface area contributed by atoms with Gasteiger partial charge < -0.3 is 19.8 Å². The van der Waals surface area contributed by atoms with E-state index in [4.69, 9.17) is 4.74 Å². The summed E-state index contributed by atoms with van der Waals surface area (Å²) in [4.78, 5) is 13.5. The number of carboxylic acids is 1. The summed E-state index contributed by atoms with van der Waals surface area (Å²) in [6.07, 6.45) is 1.58. The number of phenols is 1. The number of carbonyl (C=O) groups is 1. The summed E-state index contributed by atoms with van der Waals surface area (Å²) in [7, 11) is 0. The van der Waals surface area contributed by atoms with E-state index in [1.165, 1.54) is 0 Å². The minimum atomic E-state index is -1.08. The average molecular weight is 293 g/mol. The number of carboxylic acid groups (broad SMARTS) is 1. The van der Waals surface area contributed by atoms with Crippen molar-refractivity contribution in [2.24, 2.45) is 0 Å². The molecule has 5 nitrogen and oxygen atoms in total. The molecular weight excluding hydrogens is 270 g/mol. The van der Waals surface area contributed by atoms with E-state index < -0.39 is 17.1 Å². The Morgan fingerprint density at radius 1 is 1.38 bits per heavy atom. The molecule has 1 aromatic carbocycles. The Morgan fingerprint density at radius 2 is 2.00 bits per heavy atom. The summed E-state index contributed by atoms with van der Waals surface area (Å²) in [6.45, 7) is 7.91. The SMILES string of the molecule is CCC1(CC)CN(C(C)(C)C(=O)O)c2cc(O)ccc2O1. The van der Waals surface area contributed by atoms with Crippen LogP contribution in [-0.4, -0.2) is 33.9 Å². The number of nitrogens with zero attached hydrogens (tertiary/aromatic N) is 1. The van der Waals surface area contributed by atoms with Gasteiger partial charge in [-0.3, -0.25) is 0 Å². The van der Waals surface area contributed by atoms with Crippen LogP contribution in [0.2, 0.25) is 0 Å². The molecule has 0 atom stereocenters. The van der Waals surface area contributed by atoms with Crippen molar-refractivity contribution in [3.63, 3.8) is 0 Å². The predicted octanol–water partition coefficient (Wildman–Crippen LogP) is 3.01. The fourth-order valence-corrected chi connectivity index (χ4v) is 2.67. The highest BCUT2D eigenvalue weighted by Gasteiger charge is 2.45. The number of hydrogen-bond acceptors (Lipinski definition) is 4. The zero-order valence-electron chi connectivity index (χ0n) is 13.0. The van der Waals surface area contributed by atoms with Crippen LogP contribution in [0.5, 0.6) is 11.5 Å². The lowest BCUT2D eigenvalue weighted by molar-refractivity contribution is -0.142. The molecule has 0 amide bonds. The normalized spacial score (nSPS) is 17.0. The minimum Gasteiger partial charge on any atom is -0.508 e. The van der Waals surface area contributed by atoms with Crippen molar-refractivity contribution in [1.82, 2.24) is 0 Å². The lowest BCUT2D eigenvalue weighted by atomic mass is 9.90. The second-order valence-electron chi connectivity index (χ2n) is 6.09. The monoisotopic (exact) mass is 293 g/mol. The molecule has 1 aromatic rings. The second-order valence-corrected chi connectivity index (χ2v) is 6.09. The first-order valence-electron chi connectivity index (χ1n) is 7.29. The van der Waals surface area contributed by atoms with E-state index in [0.717, 1.165) is 12.8 Å². The maximum Gasteiger partial charge on any atom is 0.328 e. The first-order valence-corrected chi connectivity index (χ1v) is 7.29. The van der Waals surface area contributed by atoms with Crippen LogP contribution in [0.15, 0.2) is 18.2 Å². The first kappa shape index (κ1) is 15.5. The van der Waals surface area contributed by atoms with Gasteiger partial charge in [0.15, 0.2) is 0 Å². The predicted molar refractivity (Wildman–Crippen MR) is 81.1 cm³/mol. The summed E-state index contributed by atoms with van der Waals surface area (Å²) < 4.78 is 6.13. The van der Waals surface area contributed by atoms with Gasteiger partial charge in [-0.25, -0.2) is 4.79 Å². The second kappa shape index (κ2) is 5.13. The number of fused-ring (bicyclic) bond motifs is 1. The maximum absolute atomic E-state index is 11.7. The Bertz CT molecular complexity index is 549. The molecule has 0 saturated carbocycles. The van der Waals surface area contributed by atoms with Crippen molar-refractivity contribution >= 4 is 11.7 Å². The standard InChI is InChI=1S/C16H23NO4/c1-5-16(6-2)10-17(15(3,4)14(19)20)12-9-11(18)7-8-13(12)21-16/h7-9,18H,5-6,10H2,1-4H3,(H,19,20). The largest absolute Gasteiger partial charge is 0.508 e. The van der Waals surface area contributed by atoms with E-state index in [1.807, 2.05) is 18.7 Å². The van der Waals surface area contributed by atoms with Crippen molar-refractivity contribution in [3.8, 4) is 11.5 Å². The highest BCUT2D eigenvalue weighted by Crippen LogP contribution is 2.44. The zero-order chi connectivity index (χ0) is 15.8. The van der Waals surface area contributed by atoms with E-state index in [-0.39, 0.29) is 5.75 Å². The van der Waals surface area contributed by atoms with Gasteiger partial charge >= 0.3 is 5.97 Å². The van der Waals surface area contributed by atoms with Gasteiger partial charge in [0.2, 0.25) is 0 Å². The molecule has 1 heterocycles. The number of ether oxygens (including phenoxy) is 1. The third-order valence-corrected chi connectivity index (χ3v) is 4.49. The molecule has 1 aliphatic heterocycles. The zero-order valence-corrected chi connectivity index (χ0v) is 13.0. The van der Waals surface area contributed by atoms with E-state index in [9.17, 15) is 15.0 Å². The van der Waals surface area contributed by atoms with Gasteiger partial charge in [0, 0.05) is 6.07 Å². The van der Waals surface area contributed by atoms with E-state index in [0.29, 0.717) is 18.0 Å². The van der Waals surface area contributed by atoms with Gasteiger partial charge in [0.05, 0.1) is 12.2 Å². The maximum atomic E-state index is 11.7. The fraction of sp³-hybridized carbons (Fsp3) is 0.562. The molecular formula is C16H23NO4. The summed E-state index contributed by atoms with van der Waals surface area (Å²) in [5.41, 5.74) is -0.863. The molecule has 0 fully saturated rings. The van der Waals surface area contributed by atoms with Crippen LogP contribution in [0.4, 0.5) is 5.69 Å². The molecule has 0 aliphatic carbocycles. The van der Waals surface area contributed by atoms with Gasteiger partial charge in [-0.2, -0.15) is 0 Å². The fourth-order valence-electron chi connectivity index (χ4n) is 2.67. The van der Waals surface area contributed by atoms with Crippen LogP contribution in [0, 0.1) is 0 Å². The van der Waals surface area contributed by atoms with Gasteiger partial charge in [0.25, 0.3) is 0 Å². The Kier molecular flexibility index (Phi) is 3.78. The number of rotatable bonds is 4. The molecule has 1 aliphatic rings. The van der Waals surface area contributed by atoms with Crippen LogP contribution in [0.25, 0.3) is 0 Å². The van der Waals surface area contributed by atoms with Crippen LogP contribution in [0.3, 0.4) is 0 Å². The molecule has 2 rings (SSSR count). The number of aromatic hydroxyl groups is 1. The van der Waals surface area contributed by atoms with Crippen molar-refractivity contribution in [2.45, 2.75) is 51.7 Å². The van der Waals surface area contributed by atoms with Crippen LogP contribution in [0.1, 0.15) is 40.5 Å². The Labute approximate surface area is 125 Å². The highest BCUT2D eigenvalue weighted by molar-refractivity contribution is 5.84. The Hall–Kier alpha value is -1.91. The Morgan fingerprint density at radius 3 is 2.52 bits per heavy atom. The summed E-state index contributed by atoms with van der Waals surface area (Å²) in [6, 6.07) is 4.83. The molecule has 5 heteroatoms. The number of phenolic OH excluding ortho intramolecular Hbond substituents is 1. The van der Waals surface area contributed by atoms with Crippen molar-refractivity contribution in [3.05, 3.63) is 18.2 Å². The molecule has 0 unspecified atom stereocenters. The van der Waals surface area contributed by atoms with Crippen LogP contribution in [-0.2, 0) is 4.79 Å². The number of benzene rings is 1. The summed E-state index contributed by atoms with van der Waals surface area (Å²) >= 11 is 0. The van der Waals surface area contributed by atoms with Gasteiger partial charge in [-0.15, -0.1) is 0 Å². The quantitative estimate of drug-likeness (QED) is 0.893. The van der Waals surface area contributed by atoms with Crippen molar-refractivity contribution in [1.29, 1.82) is 0 Å². The van der Waals surface area contributed by atoms with Crippen molar-refractivity contribution in [2.75, 3.05) is 11.4 Å². The van der Waals surface area contributed by atoms with Gasteiger partial charge in [-0.05, 0) is 38.8 Å².